The van der Waals surface area contributed by atoms with Gasteiger partial charge in [0.25, 0.3) is 0 Å². The van der Waals surface area contributed by atoms with Gasteiger partial charge in [-0.2, -0.15) is 0 Å². The Morgan fingerprint density at radius 2 is 2.15 bits per heavy atom. The van der Waals surface area contributed by atoms with Gasteiger partial charge in [0, 0.05) is 24.1 Å². The summed E-state index contributed by atoms with van der Waals surface area (Å²) in [5.41, 5.74) is 1.22. The number of amides is 1. The third-order valence-corrected chi connectivity index (χ3v) is 5.00. The van der Waals surface area contributed by atoms with Crippen molar-refractivity contribution in [2.45, 2.75) is 43.5 Å². The van der Waals surface area contributed by atoms with Crippen LogP contribution in [0.1, 0.15) is 31.2 Å². The van der Waals surface area contributed by atoms with Crippen LogP contribution >= 0.6 is 11.8 Å². The van der Waals surface area contributed by atoms with Crippen molar-refractivity contribution >= 4 is 17.7 Å². The first-order valence-corrected chi connectivity index (χ1v) is 8.29. The maximum Gasteiger partial charge on any atom is 0.233 e. The molecule has 1 amide bonds. The van der Waals surface area contributed by atoms with Gasteiger partial charge in [-0.1, -0.05) is 18.2 Å². The first-order chi connectivity index (χ1) is 9.72. The van der Waals surface area contributed by atoms with Gasteiger partial charge in [0.1, 0.15) is 0 Å². The number of aryl methyl sites for hydroxylation is 1. The van der Waals surface area contributed by atoms with Crippen molar-refractivity contribution in [1.29, 1.82) is 0 Å². The highest BCUT2D eigenvalue weighted by Crippen LogP contribution is 2.27. The average molecular weight is 293 g/mol. The topological polar surface area (TPSA) is 40.5 Å². The van der Waals surface area contributed by atoms with Gasteiger partial charge < -0.3 is 10.0 Å². The van der Waals surface area contributed by atoms with Crippen molar-refractivity contribution in [3.63, 3.8) is 0 Å². The van der Waals surface area contributed by atoms with Crippen LogP contribution in [0.4, 0.5) is 0 Å². The van der Waals surface area contributed by atoms with E-state index in [-0.39, 0.29) is 12.5 Å². The summed E-state index contributed by atoms with van der Waals surface area (Å²) >= 11 is 1.62. The Labute approximate surface area is 125 Å². The molecule has 1 fully saturated rings. The molecule has 0 aliphatic heterocycles. The summed E-state index contributed by atoms with van der Waals surface area (Å²) in [5.74, 6) is 0.698. The highest BCUT2D eigenvalue weighted by molar-refractivity contribution is 8.00. The number of carbonyl (C=O) groups excluding carboxylic acids is 1. The number of hydrogen-bond donors (Lipinski definition) is 1. The Bertz CT molecular complexity index is 446. The minimum absolute atomic E-state index is 0.154. The maximum absolute atomic E-state index is 12.4. The van der Waals surface area contributed by atoms with Gasteiger partial charge in [0.05, 0.1) is 5.75 Å². The molecular weight excluding hydrogens is 270 g/mol. The molecule has 0 atom stereocenters. The molecule has 0 bridgehead atoms. The van der Waals surface area contributed by atoms with E-state index in [9.17, 15) is 4.79 Å². The SMILES string of the molecule is Cc1ccccc1SCC(=O)N(CCCO)C1CCC1. The third kappa shape index (κ3) is 4.00. The fourth-order valence-corrected chi connectivity index (χ4v) is 3.31. The molecule has 1 N–H and O–H groups in total. The van der Waals surface area contributed by atoms with E-state index in [1.54, 1.807) is 11.8 Å². The molecule has 4 heteroatoms. The van der Waals surface area contributed by atoms with Crippen LogP contribution in [-0.2, 0) is 4.79 Å². The fraction of sp³-hybridized carbons (Fsp3) is 0.562. The van der Waals surface area contributed by atoms with E-state index in [4.69, 9.17) is 5.11 Å². The molecule has 20 heavy (non-hydrogen) atoms. The maximum atomic E-state index is 12.4. The number of nitrogens with zero attached hydrogens (tertiary/aromatic N) is 1. The van der Waals surface area contributed by atoms with Gasteiger partial charge in [0.2, 0.25) is 5.91 Å². The lowest BCUT2D eigenvalue weighted by Crippen LogP contribution is -2.45. The van der Waals surface area contributed by atoms with Crippen molar-refractivity contribution in [3.05, 3.63) is 29.8 Å². The number of benzene rings is 1. The molecule has 0 heterocycles. The highest BCUT2D eigenvalue weighted by Gasteiger charge is 2.28. The summed E-state index contributed by atoms with van der Waals surface area (Å²) in [5, 5.41) is 8.97. The summed E-state index contributed by atoms with van der Waals surface area (Å²) in [7, 11) is 0. The zero-order valence-electron chi connectivity index (χ0n) is 12.0. The first-order valence-electron chi connectivity index (χ1n) is 7.31. The van der Waals surface area contributed by atoms with Gasteiger partial charge in [-0.05, 0) is 44.2 Å². The molecule has 1 aromatic carbocycles. The molecule has 1 aliphatic carbocycles. The molecule has 2 rings (SSSR count). The summed E-state index contributed by atoms with van der Waals surface area (Å²) in [6, 6.07) is 8.57. The molecule has 0 saturated heterocycles. The van der Waals surface area contributed by atoms with Crippen molar-refractivity contribution in [3.8, 4) is 0 Å². The lowest BCUT2D eigenvalue weighted by molar-refractivity contribution is -0.132. The Hall–Kier alpha value is -1.00. The molecule has 1 aromatic rings. The van der Waals surface area contributed by atoms with Gasteiger partial charge in [-0.25, -0.2) is 0 Å². The molecule has 1 aliphatic rings. The van der Waals surface area contributed by atoms with E-state index in [0.717, 1.165) is 12.8 Å². The predicted molar refractivity (Wildman–Crippen MR) is 83.0 cm³/mol. The molecular formula is C16H23NO2S. The van der Waals surface area contributed by atoms with E-state index in [1.165, 1.54) is 16.9 Å². The van der Waals surface area contributed by atoms with Crippen molar-refractivity contribution in [2.24, 2.45) is 0 Å². The van der Waals surface area contributed by atoms with E-state index in [2.05, 4.69) is 19.1 Å². The second kappa shape index (κ2) is 7.70. The van der Waals surface area contributed by atoms with Crippen LogP contribution < -0.4 is 0 Å². The Balaban J connectivity index is 1.89. The van der Waals surface area contributed by atoms with Gasteiger partial charge in [0.15, 0.2) is 0 Å². The summed E-state index contributed by atoms with van der Waals surface area (Å²) < 4.78 is 0. The number of thioether (sulfide) groups is 1. The van der Waals surface area contributed by atoms with Crippen molar-refractivity contribution in [2.75, 3.05) is 18.9 Å². The first kappa shape index (κ1) is 15.4. The zero-order chi connectivity index (χ0) is 14.4. The summed E-state index contributed by atoms with van der Waals surface area (Å²) in [4.78, 5) is 15.5. The van der Waals surface area contributed by atoms with Crippen LogP contribution in [0.2, 0.25) is 0 Å². The normalized spacial score (nSPS) is 14.9. The molecule has 0 radical (unpaired) electrons. The second-order valence-electron chi connectivity index (χ2n) is 5.30. The number of aliphatic hydroxyl groups is 1. The summed E-state index contributed by atoms with van der Waals surface area (Å²) in [6.07, 6.45) is 4.13. The van der Waals surface area contributed by atoms with Crippen LogP contribution in [0.5, 0.6) is 0 Å². The predicted octanol–water partition coefficient (Wildman–Crippen LogP) is 2.85. The number of aliphatic hydroxyl groups excluding tert-OH is 1. The van der Waals surface area contributed by atoms with E-state index in [0.29, 0.717) is 24.8 Å². The minimum atomic E-state index is 0.154. The Morgan fingerprint density at radius 3 is 2.75 bits per heavy atom. The lowest BCUT2D eigenvalue weighted by Gasteiger charge is -2.37. The van der Waals surface area contributed by atoms with E-state index >= 15 is 0 Å². The van der Waals surface area contributed by atoms with Crippen molar-refractivity contribution < 1.29 is 9.90 Å². The van der Waals surface area contributed by atoms with Crippen LogP contribution in [0, 0.1) is 6.92 Å². The molecule has 110 valence electrons. The molecule has 0 spiro atoms. The second-order valence-corrected chi connectivity index (χ2v) is 6.32. The third-order valence-electron chi connectivity index (χ3n) is 3.84. The molecule has 0 unspecified atom stereocenters. The molecule has 3 nitrogen and oxygen atoms in total. The van der Waals surface area contributed by atoms with Crippen molar-refractivity contribution in [1.82, 2.24) is 4.90 Å². The van der Waals surface area contributed by atoms with Gasteiger partial charge in [-0.15, -0.1) is 11.8 Å². The monoisotopic (exact) mass is 293 g/mol. The van der Waals surface area contributed by atoms with E-state index in [1.807, 2.05) is 17.0 Å². The van der Waals surface area contributed by atoms with Gasteiger partial charge >= 0.3 is 0 Å². The smallest absolute Gasteiger partial charge is 0.233 e. The fourth-order valence-electron chi connectivity index (χ4n) is 2.39. The largest absolute Gasteiger partial charge is 0.396 e. The molecule has 1 saturated carbocycles. The number of hydrogen-bond acceptors (Lipinski definition) is 3. The van der Waals surface area contributed by atoms with Crippen LogP contribution in [0.25, 0.3) is 0 Å². The summed E-state index contributed by atoms with van der Waals surface area (Å²) in [6.45, 7) is 2.91. The van der Waals surface area contributed by atoms with Crippen LogP contribution in [0.3, 0.4) is 0 Å². The minimum Gasteiger partial charge on any atom is -0.396 e. The van der Waals surface area contributed by atoms with Crippen LogP contribution in [0.15, 0.2) is 29.2 Å². The Kier molecular flexibility index (Phi) is 5.92. The highest BCUT2D eigenvalue weighted by atomic mass is 32.2. The quantitative estimate of drug-likeness (QED) is 0.786. The standard InChI is InChI=1S/C16H23NO2S/c1-13-6-2-3-9-15(13)20-12-16(19)17(10-5-11-18)14-7-4-8-14/h2-3,6,9,14,18H,4-5,7-8,10-12H2,1H3. The van der Waals surface area contributed by atoms with Gasteiger partial charge in [-0.3, -0.25) is 4.79 Å². The van der Waals surface area contributed by atoms with E-state index < -0.39 is 0 Å². The lowest BCUT2D eigenvalue weighted by atomic mass is 9.91. The van der Waals surface area contributed by atoms with Crippen LogP contribution in [-0.4, -0.2) is 40.9 Å². The molecule has 0 aromatic heterocycles. The zero-order valence-corrected chi connectivity index (χ0v) is 12.9. The number of carbonyl (C=O) groups is 1. The average Bonchev–Trinajstić information content (AvgIpc) is 2.40. The Morgan fingerprint density at radius 1 is 1.40 bits per heavy atom. The number of rotatable bonds is 7.